The van der Waals surface area contributed by atoms with Gasteiger partial charge in [0.2, 0.25) is 0 Å². The molecule has 1 aromatic carbocycles. The summed E-state index contributed by atoms with van der Waals surface area (Å²) >= 11 is 6.10. The molecule has 1 heterocycles. The molecule has 1 saturated carbocycles. The van der Waals surface area contributed by atoms with E-state index in [1.807, 2.05) is 24.3 Å². The van der Waals surface area contributed by atoms with Crippen molar-refractivity contribution in [2.24, 2.45) is 0 Å². The Morgan fingerprint density at radius 1 is 1.25 bits per heavy atom. The third-order valence-electron chi connectivity index (χ3n) is 4.34. The third kappa shape index (κ3) is 2.31. The Morgan fingerprint density at radius 3 is 2.70 bits per heavy atom. The Morgan fingerprint density at radius 2 is 2.00 bits per heavy atom. The molecule has 0 spiro atoms. The molecule has 106 valence electrons. The maximum absolute atomic E-state index is 6.10. The molecular weight excluding hydrogens is 272 g/mol. The SMILES string of the molecule is CC1(c2onc(N)c2-c2cccc(Cl)c2)CCCCC1. The zero-order valence-electron chi connectivity index (χ0n) is 11.7. The highest BCUT2D eigenvalue weighted by Gasteiger charge is 2.36. The van der Waals surface area contributed by atoms with Gasteiger partial charge in [-0.15, -0.1) is 0 Å². The lowest BCUT2D eigenvalue weighted by Crippen LogP contribution is -2.25. The fourth-order valence-corrected chi connectivity index (χ4v) is 3.39. The van der Waals surface area contributed by atoms with E-state index < -0.39 is 0 Å². The van der Waals surface area contributed by atoms with Gasteiger partial charge in [-0.2, -0.15) is 0 Å². The summed E-state index contributed by atoms with van der Waals surface area (Å²) in [5, 5.41) is 4.70. The summed E-state index contributed by atoms with van der Waals surface area (Å²) in [6.07, 6.45) is 5.99. The van der Waals surface area contributed by atoms with E-state index >= 15 is 0 Å². The molecule has 3 nitrogen and oxygen atoms in total. The first kappa shape index (κ1) is 13.5. The molecule has 0 unspecified atom stereocenters. The number of rotatable bonds is 2. The van der Waals surface area contributed by atoms with E-state index in [1.165, 1.54) is 19.3 Å². The van der Waals surface area contributed by atoms with Gasteiger partial charge in [-0.05, 0) is 30.5 Å². The molecular formula is C16H19ClN2O. The normalized spacial score (nSPS) is 18.1. The van der Waals surface area contributed by atoms with Gasteiger partial charge in [0, 0.05) is 10.4 Å². The van der Waals surface area contributed by atoms with Crippen molar-refractivity contribution in [3.05, 3.63) is 35.0 Å². The molecule has 0 aliphatic heterocycles. The Labute approximate surface area is 124 Å². The van der Waals surface area contributed by atoms with Crippen molar-refractivity contribution < 1.29 is 4.52 Å². The van der Waals surface area contributed by atoms with E-state index in [0.717, 1.165) is 29.7 Å². The van der Waals surface area contributed by atoms with Crippen LogP contribution in [0.2, 0.25) is 5.02 Å². The second-order valence-corrected chi connectivity index (χ2v) is 6.34. The molecule has 4 heteroatoms. The summed E-state index contributed by atoms with van der Waals surface area (Å²) in [6.45, 7) is 2.25. The molecule has 2 aromatic rings. The van der Waals surface area contributed by atoms with Gasteiger partial charge in [-0.1, -0.05) is 55.1 Å². The van der Waals surface area contributed by atoms with Gasteiger partial charge in [-0.3, -0.25) is 0 Å². The number of halogens is 1. The van der Waals surface area contributed by atoms with Crippen LogP contribution in [-0.2, 0) is 5.41 Å². The summed E-state index contributed by atoms with van der Waals surface area (Å²) < 4.78 is 5.61. The van der Waals surface area contributed by atoms with E-state index in [2.05, 4.69) is 12.1 Å². The molecule has 0 amide bonds. The lowest BCUT2D eigenvalue weighted by atomic mass is 9.72. The monoisotopic (exact) mass is 290 g/mol. The molecule has 0 bridgehead atoms. The second kappa shape index (κ2) is 5.13. The van der Waals surface area contributed by atoms with Crippen molar-refractivity contribution >= 4 is 17.4 Å². The summed E-state index contributed by atoms with van der Waals surface area (Å²) in [4.78, 5) is 0. The quantitative estimate of drug-likeness (QED) is 0.864. The average Bonchev–Trinajstić information content (AvgIpc) is 2.82. The van der Waals surface area contributed by atoms with Gasteiger partial charge in [-0.25, -0.2) is 0 Å². The maximum atomic E-state index is 6.10. The fourth-order valence-electron chi connectivity index (χ4n) is 3.20. The average molecular weight is 291 g/mol. The van der Waals surface area contributed by atoms with Crippen LogP contribution in [0.1, 0.15) is 44.8 Å². The van der Waals surface area contributed by atoms with Gasteiger partial charge >= 0.3 is 0 Å². The highest BCUT2D eigenvalue weighted by molar-refractivity contribution is 6.30. The van der Waals surface area contributed by atoms with Crippen molar-refractivity contribution in [3.63, 3.8) is 0 Å². The molecule has 1 aliphatic rings. The molecule has 1 aliphatic carbocycles. The Balaban J connectivity index is 2.10. The summed E-state index contributed by atoms with van der Waals surface area (Å²) in [5.41, 5.74) is 7.97. The largest absolute Gasteiger partial charge is 0.380 e. The molecule has 0 radical (unpaired) electrons. The van der Waals surface area contributed by atoms with E-state index in [1.54, 1.807) is 0 Å². The Bertz CT molecular complexity index is 615. The van der Waals surface area contributed by atoms with E-state index in [-0.39, 0.29) is 5.41 Å². The summed E-state index contributed by atoms with van der Waals surface area (Å²) in [5.74, 6) is 1.37. The number of nitrogen functional groups attached to an aromatic ring is 1. The third-order valence-corrected chi connectivity index (χ3v) is 4.57. The van der Waals surface area contributed by atoms with Crippen LogP contribution in [0.3, 0.4) is 0 Å². The number of hydrogen-bond donors (Lipinski definition) is 1. The highest BCUT2D eigenvalue weighted by atomic mass is 35.5. The first-order valence-electron chi connectivity index (χ1n) is 7.12. The van der Waals surface area contributed by atoms with Gasteiger partial charge in [0.25, 0.3) is 0 Å². The Hall–Kier alpha value is -1.48. The van der Waals surface area contributed by atoms with Crippen molar-refractivity contribution in [2.45, 2.75) is 44.4 Å². The first-order chi connectivity index (χ1) is 9.60. The molecule has 20 heavy (non-hydrogen) atoms. The minimum Gasteiger partial charge on any atom is -0.380 e. The van der Waals surface area contributed by atoms with E-state index in [0.29, 0.717) is 10.8 Å². The maximum Gasteiger partial charge on any atom is 0.175 e. The van der Waals surface area contributed by atoms with Gasteiger partial charge in [0.15, 0.2) is 11.6 Å². The number of anilines is 1. The minimum atomic E-state index is 0.0283. The van der Waals surface area contributed by atoms with Crippen LogP contribution in [0.5, 0.6) is 0 Å². The first-order valence-corrected chi connectivity index (χ1v) is 7.49. The zero-order valence-corrected chi connectivity index (χ0v) is 12.4. The number of nitrogens with zero attached hydrogens (tertiary/aromatic N) is 1. The number of benzene rings is 1. The highest BCUT2D eigenvalue weighted by Crippen LogP contribution is 2.45. The molecule has 1 aromatic heterocycles. The van der Waals surface area contributed by atoms with Crippen molar-refractivity contribution in [2.75, 3.05) is 5.73 Å². The van der Waals surface area contributed by atoms with Crippen LogP contribution in [0, 0.1) is 0 Å². The lowest BCUT2D eigenvalue weighted by Gasteiger charge is -2.31. The topological polar surface area (TPSA) is 52.0 Å². The molecule has 1 fully saturated rings. The minimum absolute atomic E-state index is 0.0283. The van der Waals surface area contributed by atoms with Crippen molar-refractivity contribution in [1.29, 1.82) is 0 Å². The molecule has 2 N–H and O–H groups in total. The number of hydrogen-bond acceptors (Lipinski definition) is 3. The fraction of sp³-hybridized carbons (Fsp3) is 0.438. The number of nitrogens with two attached hydrogens (primary N) is 1. The second-order valence-electron chi connectivity index (χ2n) is 5.90. The van der Waals surface area contributed by atoms with Crippen LogP contribution in [0.4, 0.5) is 5.82 Å². The molecule has 0 saturated heterocycles. The predicted octanol–water partition coefficient (Wildman–Crippen LogP) is 4.80. The van der Waals surface area contributed by atoms with E-state index in [9.17, 15) is 0 Å². The van der Waals surface area contributed by atoms with Crippen LogP contribution in [-0.4, -0.2) is 5.16 Å². The van der Waals surface area contributed by atoms with Gasteiger partial charge in [0.05, 0.1) is 5.56 Å². The van der Waals surface area contributed by atoms with Crippen molar-refractivity contribution in [1.82, 2.24) is 5.16 Å². The van der Waals surface area contributed by atoms with Crippen LogP contribution < -0.4 is 5.73 Å². The van der Waals surface area contributed by atoms with Crippen molar-refractivity contribution in [3.8, 4) is 11.1 Å². The van der Waals surface area contributed by atoms with Crippen LogP contribution in [0.25, 0.3) is 11.1 Å². The summed E-state index contributed by atoms with van der Waals surface area (Å²) in [6, 6.07) is 7.71. The lowest BCUT2D eigenvalue weighted by molar-refractivity contribution is 0.242. The van der Waals surface area contributed by atoms with Gasteiger partial charge in [0.1, 0.15) is 0 Å². The number of aromatic nitrogens is 1. The van der Waals surface area contributed by atoms with Gasteiger partial charge < -0.3 is 10.3 Å². The Kier molecular flexibility index (Phi) is 3.47. The van der Waals surface area contributed by atoms with E-state index in [4.69, 9.17) is 21.9 Å². The smallest absolute Gasteiger partial charge is 0.175 e. The summed E-state index contributed by atoms with van der Waals surface area (Å²) in [7, 11) is 0. The predicted molar refractivity (Wildman–Crippen MR) is 81.8 cm³/mol. The molecule has 0 atom stereocenters. The standard InChI is InChI=1S/C16H19ClN2O/c1-16(8-3-2-4-9-16)14-13(15(18)19-20-14)11-6-5-7-12(17)10-11/h5-7,10H,2-4,8-9H2,1H3,(H2,18,19). The zero-order chi connectivity index (χ0) is 14.2. The molecule has 3 rings (SSSR count). The van der Waals surface area contributed by atoms with Crippen LogP contribution in [0.15, 0.2) is 28.8 Å². The van der Waals surface area contributed by atoms with Crippen LogP contribution >= 0.6 is 11.6 Å².